The van der Waals surface area contributed by atoms with Gasteiger partial charge in [0.2, 0.25) is 0 Å². The number of aliphatic hydroxyl groups excluding tert-OH is 1. The quantitative estimate of drug-likeness (QED) is 0.832. The molecule has 0 spiro atoms. The van der Waals surface area contributed by atoms with Crippen LogP contribution in [0.2, 0.25) is 5.02 Å². The molecule has 0 aliphatic heterocycles. The lowest BCUT2D eigenvalue weighted by Gasteiger charge is -2.13. The first-order valence-corrected chi connectivity index (χ1v) is 5.79. The number of hydrogen-bond acceptors (Lipinski definition) is 2. The third kappa shape index (κ3) is 2.54. The van der Waals surface area contributed by atoms with Crippen molar-refractivity contribution in [2.24, 2.45) is 5.41 Å². The van der Waals surface area contributed by atoms with Crippen molar-refractivity contribution < 1.29 is 9.50 Å². The van der Waals surface area contributed by atoms with Gasteiger partial charge in [-0.2, -0.15) is 0 Å². The Hall–Kier alpha value is -0.640. The Labute approximate surface area is 99.4 Å². The second kappa shape index (κ2) is 4.70. The highest BCUT2D eigenvalue weighted by atomic mass is 35.5. The molecular formula is C12H15ClFNO. The summed E-state index contributed by atoms with van der Waals surface area (Å²) in [7, 11) is 0. The van der Waals surface area contributed by atoms with E-state index in [2.05, 4.69) is 5.32 Å². The van der Waals surface area contributed by atoms with E-state index < -0.39 is 0 Å². The zero-order valence-corrected chi connectivity index (χ0v) is 9.73. The minimum atomic E-state index is -0.283. The van der Waals surface area contributed by atoms with Crippen molar-refractivity contribution >= 4 is 11.6 Å². The van der Waals surface area contributed by atoms with Crippen molar-refractivity contribution in [3.63, 3.8) is 0 Å². The fraction of sp³-hybridized carbons (Fsp3) is 0.500. The first-order valence-electron chi connectivity index (χ1n) is 5.41. The summed E-state index contributed by atoms with van der Waals surface area (Å²) in [6, 6.07) is 4.68. The van der Waals surface area contributed by atoms with Gasteiger partial charge < -0.3 is 10.4 Å². The zero-order valence-electron chi connectivity index (χ0n) is 8.97. The fourth-order valence-electron chi connectivity index (χ4n) is 1.72. The predicted molar refractivity (Wildman–Crippen MR) is 61.9 cm³/mol. The van der Waals surface area contributed by atoms with E-state index >= 15 is 0 Å². The van der Waals surface area contributed by atoms with Gasteiger partial charge in [0.1, 0.15) is 5.82 Å². The van der Waals surface area contributed by atoms with Crippen LogP contribution in [0.4, 0.5) is 4.39 Å². The molecule has 1 aromatic rings. The van der Waals surface area contributed by atoms with Crippen molar-refractivity contribution in [2.75, 3.05) is 13.2 Å². The van der Waals surface area contributed by atoms with Gasteiger partial charge >= 0.3 is 0 Å². The predicted octanol–water partition coefficient (Wildman–Crippen LogP) is 2.34. The molecular weight excluding hydrogens is 229 g/mol. The van der Waals surface area contributed by atoms with Crippen LogP contribution < -0.4 is 5.32 Å². The van der Waals surface area contributed by atoms with Crippen LogP contribution in [-0.4, -0.2) is 18.3 Å². The summed E-state index contributed by atoms with van der Waals surface area (Å²) in [5.41, 5.74) is 0.537. The van der Waals surface area contributed by atoms with Crippen LogP contribution in [0.3, 0.4) is 0 Å². The first kappa shape index (κ1) is 11.8. The lowest BCUT2D eigenvalue weighted by molar-refractivity contribution is 0.207. The molecule has 88 valence electrons. The number of benzene rings is 1. The van der Waals surface area contributed by atoms with E-state index in [4.69, 9.17) is 16.7 Å². The minimum absolute atomic E-state index is 0.0394. The van der Waals surface area contributed by atoms with Gasteiger partial charge in [-0.25, -0.2) is 4.39 Å². The Kier molecular flexibility index (Phi) is 3.47. The van der Waals surface area contributed by atoms with Crippen LogP contribution >= 0.6 is 11.6 Å². The smallest absolute Gasteiger partial charge is 0.129 e. The molecule has 1 fully saturated rings. The van der Waals surface area contributed by atoms with E-state index in [0.29, 0.717) is 23.7 Å². The Morgan fingerprint density at radius 2 is 2.19 bits per heavy atom. The third-order valence-corrected chi connectivity index (χ3v) is 3.51. The Balaban J connectivity index is 1.90. The molecule has 0 radical (unpaired) electrons. The topological polar surface area (TPSA) is 32.3 Å². The third-order valence-electron chi connectivity index (χ3n) is 3.16. The van der Waals surface area contributed by atoms with E-state index in [1.807, 2.05) is 0 Å². The molecule has 0 saturated heterocycles. The van der Waals surface area contributed by atoms with Crippen molar-refractivity contribution in [3.8, 4) is 0 Å². The first-order chi connectivity index (χ1) is 7.67. The van der Waals surface area contributed by atoms with Crippen LogP contribution in [0.15, 0.2) is 18.2 Å². The minimum Gasteiger partial charge on any atom is -0.396 e. The summed E-state index contributed by atoms with van der Waals surface area (Å²) in [5.74, 6) is -0.283. The van der Waals surface area contributed by atoms with E-state index in [1.165, 1.54) is 6.07 Å². The van der Waals surface area contributed by atoms with Crippen LogP contribution in [0.25, 0.3) is 0 Å². The Bertz CT molecular complexity index is 359. The van der Waals surface area contributed by atoms with Crippen molar-refractivity contribution in [2.45, 2.75) is 19.4 Å². The van der Waals surface area contributed by atoms with Crippen molar-refractivity contribution in [1.82, 2.24) is 5.32 Å². The molecule has 0 bridgehead atoms. The zero-order chi connectivity index (χ0) is 11.6. The highest BCUT2D eigenvalue weighted by Gasteiger charge is 2.41. The van der Waals surface area contributed by atoms with Gasteiger partial charge in [0.05, 0.1) is 0 Å². The monoisotopic (exact) mass is 243 g/mol. The summed E-state index contributed by atoms with van der Waals surface area (Å²) in [6.45, 7) is 1.33. The van der Waals surface area contributed by atoms with Crippen LogP contribution in [-0.2, 0) is 6.54 Å². The van der Waals surface area contributed by atoms with Gasteiger partial charge in [-0.05, 0) is 25.0 Å². The number of aliphatic hydroxyl groups is 1. The summed E-state index contributed by atoms with van der Waals surface area (Å²) in [6.07, 6.45) is 2.09. The van der Waals surface area contributed by atoms with E-state index in [0.717, 1.165) is 12.8 Å². The fourth-order valence-corrected chi connectivity index (χ4v) is 1.95. The number of nitrogens with one attached hydrogen (secondary N) is 1. The maximum Gasteiger partial charge on any atom is 0.129 e. The highest BCUT2D eigenvalue weighted by molar-refractivity contribution is 6.31. The largest absolute Gasteiger partial charge is 0.396 e. The maximum absolute atomic E-state index is 13.4. The molecule has 4 heteroatoms. The van der Waals surface area contributed by atoms with Gasteiger partial charge in [-0.1, -0.05) is 17.7 Å². The van der Waals surface area contributed by atoms with E-state index in [1.54, 1.807) is 12.1 Å². The summed E-state index contributed by atoms with van der Waals surface area (Å²) < 4.78 is 13.4. The molecule has 2 rings (SSSR count). The molecule has 1 aliphatic rings. The normalized spacial score (nSPS) is 17.4. The van der Waals surface area contributed by atoms with Gasteiger partial charge in [-0.3, -0.25) is 0 Å². The summed E-state index contributed by atoms with van der Waals surface area (Å²) in [4.78, 5) is 0. The molecule has 0 amide bonds. The SMILES string of the molecule is OCC1(CNCc2c(F)cccc2Cl)CC1. The molecule has 0 atom stereocenters. The van der Waals surface area contributed by atoms with Crippen molar-refractivity contribution in [1.29, 1.82) is 0 Å². The standard InChI is InChI=1S/C12H15ClFNO/c13-10-2-1-3-11(14)9(10)6-15-7-12(8-16)4-5-12/h1-3,15-16H,4-8H2. The lowest BCUT2D eigenvalue weighted by atomic mass is 10.1. The Morgan fingerprint density at radius 3 is 2.75 bits per heavy atom. The molecule has 1 saturated carbocycles. The molecule has 2 nitrogen and oxygen atoms in total. The highest BCUT2D eigenvalue weighted by Crippen LogP contribution is 2.44. The van der Waals surface area contributed by atoms with E-state index in [-0.39, 0.29) is 17.8 Å². The molecule has 0 aromatic heterocycles. The average Bonchev–Trinajstić information content (AvgIpc) is 3.03. The molecule has 1 aliphatic carbocycles. The lowest BCUT2D eigenvalue weighted by Crippen LogP contribution is -2.26. The summed E-state index contributed by atoms with van der Waals surface area (Å²) >= 11 is 5.90. The molecule has 1 aromatic carbocycles. The summed E-state index contributed by atoms with van der Waals surface area (Å²) in [5, 5.41) is 12.7. The number of hydrogen-bond donors (Lipinski definition) is 2. The molecule has 2 N–H and O–H groups in total. The van der Waals surface area contributed by atoms with Gasteiger partial charge in [0, 0.05) is 35.7 Å². The van der Waals surface area contributed by atoms with E-state index in [9.17, 15) is 4.39 Å². The van der Waals surface area contributed by atoms with Crippen molar-refractivity contribution in [3.05, 3.63) is 34.6 Å². The van der Waals surface area contributed by atoms with Gasteiger partial charge in [0.25, 0.3) is 0 Å². The second-order valence-electron chi connectivity index (χ2n) is 4.46. The van der Waals surface area contributed by atoms with Crippen LogP contribution in [0.5, 0.6) is 0 Å². The molecule has 0 heterocycles. The average molecular weight is 244 g/mol. The number of halogens is 2. The second-order valence-corrected chi connectivity index (χ2v) is 4.87. The van der Waals surface area contributed by atoms with Gasteiger partial charge in [0.15, 0.2) is 0 Å². The van der Waals surface area contributed by atoms with Crippen LogP contribution in [0, 0.1) is 11.2 Å². The maximum atomic E-state index is 13.4. The molecule has 16 heavy (non-hydrogen) atoms. The van der Waals surface area contributed by atoms with Crippen LogP contribution in [0.1, 0.15) is 18.4 Å². The molecule has 0 unspecified atom stereocenters. The number of rotatable bonds is 5. The Morgan fingerprint density at radius 1 is 1.44 bits per heavy atom. The van der Waals surface area contributed by atoms with Gasteiger partial charge in [-0.15, -0.1) is 0 Å².